The van der Waals surface area contributed by atoms with Crippen LogP contribution in [0.25, 0.3) is 0 Å². The molecule has 0 spiro atoms. The second kappa shape index (κ2) is 8.97. The van der Waals surface area contributed by atoms with Crippen molar-refractivity contribution < 1.29 is 8.42 Å². The third kappa shape index (κ3) is 6.08. The lowest BCUT2D eigenvalue weighted by molar-refractivity contribution is 0.181. The largest absolute Gasteiger partial charge is 0.303 e. The van der Waals surface area contributed by atoms with Crippen molar-refractivity contribution in [1.82, 2.24) is 13.9 Å². The van der Waals surface area contributed by atoms with Gasteiger partial charge >= 0.3 is 0 Å². The van der Waals surface area contributed by atoms with Crippen molar-refractivity contribution in [2.75, 3.05) is 39.3 Å². The Labute approximate surface area is 124 Å². The summed E-state index contributed by atoms with van der Waals surface area (Å²) < 4.78 is 28.0. The van der Waals surface area contributed by atoms with Crippen LogP contribution in [0.2, 0.25) is 0 Å². The first-order chi connectivity index (χ1) is 9.49. The molecule has 6 heteroatoms. The maximum Gasteiger partial charge on any atom is 0.279 e. The first-order valence-corrected chi connectivity index (χ1v) is 9.40. The number of rotatable bonds is 9. The van der Waals surface area contributed by atoms with Crippen LogP contribution in [-0.2, 0) is 10.2 Å². The van der Waals surface area contributed by atoms with Gasteiger partial charge in [0.1, 0.15) is 0 Å². The number of unbranched alkanes of at least 4 members (excludes halogenated alkanes) is 1. The van der Waals surface area contributed by atoms with Gasteiger partial charge in [-0.2, -0.15) is 12.7 Å². The predicted octanol–water partition coefficient (Wildman–Crippen LogP) is 1.67. The van der Waals surface area contributed by atoms with Crippen molar-refractivity contribution in [3.05, 3.63) is 0 Å². The van der Waals surface area contributed by atoms with Gasteiger partial charge in [0.15, 0.2) is 0 Å². The van der Waals surface area contributed by atoms with Gasteiger partial charge in [0.05, 0.1) is 0 Å². The van der Waals surface area contributed by atoms with Gasteiger partial charge in [0, 0.05) is 26.2 Å². The normalized spacial score (nSPS) is 21.5. The van der Waals surface area contributed by atoms with Gasteiger partial charge in [-0.25, -0.2) is 4.72 Å². The van der Waals surface area contributed by atoms with E-state index in [2.05, 4.69) is 16.5 Å². The summed E-state index contributed by atoms with van der Waals surface area (Å²) in [7, 11) is -3.27. The monoisotopic (exact) mass is 305 g/mol. The minimum atomic E-state index is -3.27. The molecule has 1 aliphatic rings. The highest BCUT2D eigenvalue weighted by molar-refractivity contribution is 7.87. The molecule has 0 amide bonds. The van der Waals surface area contributed by atoms with E-state index in [1.165, 1.54) is 30.2 Å². The summed E-state index contributed by atoms with van der Waals surface area (Å²) in [6.45, 7) is 11.1. The lowest BCUT2D eigenvalue weighted by atomic mass is 10.0. The Morgan fingerprint density at radius 3 is 2.55 bits per heavy atom. The van der Waals surface area contributed by atoms with E-state index < -0.39 is 10.2 Å². The van der Waals surface area contributed by atoms with E-state index in [0.29, 0.717) is 19.6 Å². The maximum absolute atomic E-state index is 11.9. The fourth-order valence-electron chi connectivity index (χ4n) is 2.81. The predicted molar refractivity (Wildman–Crippen MR) is 83.9 cm³/mol. The molecule has 1 atom stereocenters. The lowest BCUT2D eigenvalue weighted by Crippen LogP contribution is -2.41. The number of likely N-dealkylation sites (tertiary alicyclic amines) is 1. The van der Waals surface area contributed by atoms with Gasteiger partial charge < -0.3 is 4.90 Å². The van der Waals surface area contributed by atoms with Crippen LogP contribution in [0.1, 0.15) is 46.5 Å². The summed E-state index contributed by atoms with van der Waals surface area (Å²) in [4.78, 5) is 2.51. The first kappa shape index (κ1) is 17.9. The minimum absolute atomic E-state index is 0.525. The molecule has 1 rings (SSSR count). The zero-order valence-electron chi connectivity index (χ0n) is 13.3. The van der Waals surface area contributed by atoms with Crippen LogP contribution in [-0.4, -0.2) is 56.9 Å². The average molecular weight is 305 g/mol. The second-order valence-electron chi connectivity index (χ2n) is 5.74. The SMILES string of the molecule is CCN(CC)S(=O)(=O)NCCCCN1CCC[C@@H](C)C1. The van der Waals surface area contributed by atoms with Crippen LogP contribution >= 0.6 is 0 Å². The molecular weight excluding hydrogens is 274 g/mol. The molecule has 5 nitrogen and oxygen atoms in total. The summed E-state index contributed by atoms with van der Waals surface area (Å²) in [6, 6.07) is 0. The molecule has 1 fully saturated rings. The summed E-state index contributed by atoms with van der Waals surface area (Å²) in [5.41, 5.74) is 0. The van der Waals surface area contributed by atoms with E-state index in [1.807, 2.05) is 13.8 Å². The van der Waals surface area contributed by atoms with E-state index in [1.54, 1.807) is 0 Å². The van der Waals surface area contributed by atoms with E-state index >= 15 is 0 Å². The Kier molecular flexibility index (Phi) is 8.02. The number of nitrogens with zero attached hydrogens (tertiary/aromatic N) is 2. The molecule has 120 valence electrons. The van der Waals surface area contributed by atoms with Crippen molar-refractivity contribution >= 4 is 10.2 Å². The Morgan fingerprint density at radius 1 is 1.25 bits per heavy atom. The van der Waals surface area contributed by atoms with Crippen molar-refractivity contribution in [3.63, 3.8) is 0 Å². The Balaban J connectivity index is 2.15. The van der Waals surface area contributed by atoms with Gasteiger partial charge in [-0.15, -0.1) is 0 Å². The molecule has 1 heterocycles. The average Bonchev–Trinajstić information content (AvgIpc) is 2.39. The molecule has 0 bridgehead atoms. The fourth-order valence-corrected chi connectivity index (χ4v) is 4.07. The number of hydrogen-bond donors (Lipinski definition) is 1. The molecule has 0 unspecified atom stereocenters. The lowest BCUT2D eigenvalue weighted by Gasteiger charge is -2.30. The first-order valence-electron chi connectivity index (χ1n) is 7.96. The second-order valence-corrected chi connectivity index (χ2v) is 7.49. The Hall–Kier alpha value is -0.170. The topological polar surface area (TPSA) is 52.7 Å². The van der Waals surface area contributed by atoms with E-state index in [-0.39, 0.29) is 0 Å². The highest BCUT2D eigenvalue weighted by Crippen LogP contribution is 2.15. The minimum Gasteiger partial charge on any atom is -0.303 e. The summed E-state index contributed by atoms with van der Waals surface area (Å²) in [5.74, 6) is 0.810. The smallest absolute Gasteiger partial charge is 0.279 e. The molecule has 0 saturated carbocycles. The molecule has 0 aromatic rings. The summed E-state index contributed by atoms with van der Waals surface area (Å²) in [5, 5.41) is 0. The number of hydrogen-bond acceptors (Lipinski definition) is 3. The summed E-state index contributed by atoms with van der Waals surface area (Å²) in [6.07, 6.45) is 4.62. The van der Waals surface area contributed by atoms with Crippen LogP contribution in [0.15, 0.2) is 0 Å². The van der Waals surface area contributed by atoms with Crippen LogP contribution in [0.4, 0.5) is 0 Å². The highest BCUT2D eigenvalue weighted by atomic mass is 32.2. The van der Waals surface area contributed by atoms with E-state index in [0.717, 1.165) is 25.3 Å². The molecule has 0 aromatic heterocycles. The van der Waals surface area contributed by atoms with Crippen molar-refractivity contribution in [2.24, 2.45) is 5.92 Å². The molecule has 1 N–H and O–H groups in total. The summed E-state index contributed by atoms with van der Waals surface area (Å²) >= 11 is 0. The van der Waals surface area contributed by atoms with Crippen molar-refractivity contribution in [1.29, 1.82) is 0 Å². The van der Waals surface area contributed by atoms with Gasteiger partial charge in [-0.05, 0) is 44.7 Å². The molecule has 1 aliphatic heterocycles. The standard InChI is InChI=1S/C14H31N3O2S/c1-4-17(5-2)20(18,19)15-10-6-7-11-16-12-8-9-14(3)13-16/h14-15H,4-13H2,1-3H3/t14-/m1/s1. The van der Waals surface area contributed by atoms with Gasteiger partial charge in [-0.3, -0.25) is 0 Å². The zero-order chi connectivity index (χ0) is 15.0. The number of nitrogens with one attached hydrogen (secondary N) is 1. The third-order valence-corrected chi connectivity index (χ3v) is 5.74. The maximum atomic E-state index is 11.9. The van der Waals surface area contributed by atoms with E-state index in [9.17, 15) is 8.42 Å². The molecular formula is C14H31N3O2S. The zero-order valence-corrected chi connectivity index (χ0v) is 14.1. The van der Waals surface area contributed by atoms with Crippen LogP contribution in [0.5, 0.6) is 0 Å². The van der Waals surface area contributed by atoms with Gasteiger partial charge in [0.2, 0.25) is 0 Å². The Bertz CT molecular complexity index is 355. The van der Waals surface area contributed by atoms with Crippen molar-refractivity contribution in [3.8, 4) is 0 Å². The fraction of sp³-hybridized carbons (Fsp3) is 1.00. The molecule has 1 saturated heterocycles. The molecule has 20 heavy (non-hydrogen) atoms. The van der Waals surface area contributed by atoms with Crippen LogP contribution in [0.3, 0.4) is 0 Å². The number of piperidine rings is 1. The van der Waals surface area contributed by atoms with E-state index in [4.69, 9.17) is 0 Å². The van der Waals surface area contributed by atoms with Crippen LogP contribution < -0.4 is 4.72 Å². The van der Waals surface area contributed by atoms with Gasteiger partial charge in [0.25, 0.3) is 10.2 Å². The Morgan fingerprint density at radius 2 is 1.95 bits per heavy atom. The molecule has 0 aliphatic carbocycles. The highest BCUT2D eigenvalue weighted by Gasteiger charge is 2.18. The quantitative estimate of drug-likeness (QED) is 0.659. The molecule has 0 aromatic carbocycles. The molecule has 0 radical (unpaired) electrons. The van der Waals surface area contributed by atoms with Crippen LogP contribution in [0, 0.1) is 5.92 Å². The van der Waals surface area contributed by atoms with Crippen molar-refractivity contribution in [2.45, 2.75) is 46.5 Å². The third-order valence-electron chi connectivity index (χ3n) is 3.97. The van der Waals surface area contributed by atoms with Gasteiger partial charge in [-0.1, -0.05) is 20.8 Å².